The Morgan fingerprint density at radius 3 is 2.47 bits per heavy atom. The Labute approximate surface area is 115 Å². The summed E-state index contributed by atoms with van der Waals surface area (Å²) in [4.78, 5) is 13.3. The van der Waals surface area contributed by atoms with Crippen LogP contribution in [0.1, 0.15) is 43.4 Å². The summed E-state index contributed by atoms with van der Waals surface area (Å²) < 4.78 is 5.34. The minimum Gasteiger partial charge on any atom is -0.496 e. The maximum absolute atomic E-state index is 11.7. The van der Waals surface area contributed by atoms with Crippen LogP contribution in [0.4, 0.5) is 0 Å². The first kappa shape index (κ1) is 15.5. The molecule has 1 amide bonds. The van der Waals surface area contributed by atoms with Gasteiger partial charge in [0.15, 0.2) is 0 Å². The van der Waals surface area contributed by atoms with Gasteiger partial charge >= 0.3 is 0 Å². The average molecular weight is 264 g/mol. The van der Waals surface area contributed by atoms with Crippen molar-refractivity contribution in [3.63, 3.8) is 0 Å². The van der Waals surface area contributed by atoms with Crippen LogP contribution in [-0.2, 0) is 4.79 Å². The van der Waals surface area contributed by atoms with Crippen molar-refractivity contribution in [3.8, 4) is 5.75 Å². The lowest BCUT2D eigenvalue weighted by Crippen LogP contribution is -2.26. The van der Waals surface area contributed by atoms with Crippen molar-refractivity contribution in [3.05, 3.63) is 29.3 Å². The van der Waals surface area contributed by atoms with Gasteiger partial charge in [-0.3, -0.25) is 4.79 Å². The highest BCUT2D eigenvalue weighted by molar-refractivity contribution is 5.76. The lowest BCUT2D eigenvalue weighted by Gasteiger charge is -2.18. The molecular formula is C15H24N2O2. The number of carbonyl (C=O) groups excluding carboxylic acids is 1. The molecule has 0 saturated heterocycles. The molecule has 1 atom stereocenters. The summed E-state index contributed by atoms with van der Waals surface area (Å²) in [5.74, 6) is 1.26. The summed E-state index contributed by atoms with van der Waals surface area (Å²) in [6, 6.07) is 5.61. The number of nitrogens with two attached hydrogens (primary N) is 1. The third-order valence-corrected chi connectivity index (χ3v) is 3.20. The molecule has 1 unspecified atom stereocenters. The van der Waals surface area contributed by atoms with Crippen LogP contribution in [0.5, 0.6) is 5.75 Å². The lowest BCUT2D eigenvalue weighted by molar-refractivity contribution is -0.129. The predicted molar refractivity (Wildman–Crippen MR) is 77.3 cm³/mol. The quantitative estimate of drug-likeness (QED) is 0.887. The zero-order valence-electron chi connectivity index (χ0n) is 12.4. The molecule has 1 aromatic rings. The molecule has 0 heterocycles. The molecule has 0 aliphatic carbocycles. The maximum Gasteiger partial charge on any atom is 0.223 e. The zero-order chi connectivity index (χ0) is 14.6. The molecule has 0 saturated carbocycles. The first-order valence-electron chi connectivity index (χ1n) is 6.50. The van der Waals surface area contributed by atoms with Crippen LogP contribution in [0.2, 0.25) is 0 Å². The van der Waals surface area contributed by atoms with Crippen molar-refractivity contribution in [2.45, 2.75) is 32.2 Å². The molecule has 1 rings (SSSR count). The van der Waals surface area contributed by atoms with Crippen LogP contribution >= 0.6 is 0 Å². The molecule has 0 radical (unpaired) electrons. The van der Waals surface area contributed by atoms with E-state index in [1.807, 2.05) is 18.2 Å². The van der Waals surface area contributed by atoms with Crippen LogP contribution in [0, 0.1) is 0 Å². The summed E-state index contributed by atoms with van der Waals surface area (Å²) >= 11 is 0. The minimum absolute atomic E-state index is 0.0365. The van der Waals surface area contributed by atoms with Crippen LogP contribution in [-0.4, -0.2) is 32.0 Å². The Bertz CT molecular complexity index is 442. The molecule has 4 heteroatoms. The number of benzene rings is 1. The van der Waals surface area contributed by atoms with E-state index in [9.17, 15) is 4.79 Å². The number of amides is 1. The molecule has 0 aliphatic heterocycles. The van der Waals surface area contributed by atoms with Gasteiger partial charge in [0.2, 0.25) is 5.91 Å². The number of ether oxygens (including phenoxy) is 1. The zero-order valence-corrected chi connectivity index (χ0v) is 12.4. The van der Waals surface area contributed by atoms with E-state index in [1.165, 1.54) is 0 Å². The largest absolute Gasteiger partial charge is 0.496 e. The Morgan fingerprint density at radius 2 is 2.00 bits per heavy atom. The average Bonchev–Trinajstić information content (AvgIpc) is 2.37. The molecule has 106 valence electrons. The fourth-order valence-corrected chi connectivity index (χ4v) is 1.92. The second kappa shape index (κ2) is 6.57. The lowest BCUT2D eigenvalue weighted by atomic mass is 9.95. The van der Waals surface area contributed by atoms with Crippen molar-refractivity contribution < 1.29 is 9.53 Å². The molecule has 0 spiro atoms. The van der Waals surface area contributed by atoms with Crippen molar-refractivity contribution in [2.24, 2.45) is 5.73 Å². The van der Waals surface area contributed by atoms with Crippen LogP contribution in [0.25, 0.3) is 0 Å². The molecule has 19 heavy (non-hydrogen) atoms. The fourth-order valence-electron chi connectivity index (χ4n) is 1.92. The summed E-state index contributed by atoms with van der Waals surface area (Å²) in [5.41, 5.74) is 8.20. The first-order chi connectivity index (χ1) is 8.86. The van der Waals surface area contributed by atoms with Gasteiger partial charge in [-0.1, -0.05) is 26.0 Å². The molecule has 4 nitrogen and oxygen atoms in total. The van der Waals surface area contributed by atoms with Gasteiger partial charge in [0.05, 0.1) is 7.11 Å². The van der Waals surface area contributed by atoms with Gasteiger partial charge in [0, 0.05) is 26.6 Å². The van der Waals surface area contributed by atoms with E-state index in [2.05, 4.69) is 13.8 Å². The Balaban J connectivity index is 2.95. The number of nitrogens with zero attached hydrogens (tertiary/aromatic N) is 1. The highest BCUT2D eigenvalue weighted by atomic mass is 16.5. The smallest absolute Gasteiger partial charge is 0.223 e. The third-order valence-electron chi connectivity index (χ3n) is 3.20. The van der Waals surface area contributed by atoms with Gasteiger partial charge in [-0.2, -0.15) is 0 Å². The SMILES string of the molecule is COc1ccc(C(N)CC(=O)N(C)C)cc1C(C)C. The molecular weight excluding hydrogens is 240 g/mol. The van der Waals surface area contributed by atoms with Gasteiger partial charge in [-0.25, -0.2) is 0 Å². The number of carbonyl (C=O) groups is 1. The fraction of sp³-hybridized carbons (Fsp3) is 0.533. The Morgan fingerprint density at radius 1 is 1.37 bits per heavy atom. The summed E-state index contributed by atoms with van der Waals surface area (Å²) in [5, 5.41) is 0. The summed E-state index contributed by atoms with van der Waals surface area (Å²) in [6.07, 6.45) is 0.316. The number of rotatable bonds is 5. The predicted octanol–water partition coefficient (Wildman–Crippen LogP) is 2.30. The van der Waals surface area contributed by atoms with Crippen molar-refractivity contribution in [1.82, 2.24) is 4.90 Å². The normalized spacial score (nSPS) is 12.4. The first-order valence-corrected chi connectivity index (χ1v) is 6.50. The van der Waals surface area contributed by atoms with E-state index in [1.54, 1.807) is 26.1 Å². The van der Waals surface area contributed by atoms with Crippen molar-refractivity contribution >= 4 is 5.91 Å². The van der Waals surface area contributed by atoms with E-state index in [0.717, 1.165) is 16.9 Å². The van der Waals surface area contributed by atoms with Gasteiger partial charge in [-0.15, -0.1) is 0 Å². The molecule has 2 N–H and O–H groups in total. The van der Waals surface area contributed by atoms with Crippen molar-refractivity contribution in [2.75, 3.05) is 21.2 Å². The van der Waals surface area contributed by atoms with Gasteiger partial charge in [0.25, 0.3) is 0 Å². The summed E-state index contributed by atoms with van der Waals surface area (Å²) in [7, 11) is 5.14. The summed E-state index contributed by atoms with van der Waals surface area (Å²) in [6.45, 7) is 4.22. The van der Waals surface area contributed by atoms with E-state index in [0.29, 0.717) is 12.3 Å². The number of methoxy groups -OCH3 is 1. The molecule has 0 fully saturated rings. The van der Waals surface area contributed by atoms with E-state index in [-0.39, 0.29) is 11.9 Å². The number of hydrogen-bond donors (Lipinski definition) is 1. The van der Waals surface area contributed by atoms with E-state index >= 15 is 0 Å². The van der Waals surface area contributed by atoms with E-state index in [4.69, 9.17) is 10.5 Å². The Kier molecular flexibility index (Phi) is 5.36. The molecule has 1 aromatic carbocycles. The van der Waals surface area contributed by atoms with Crippen LogP contribution < -0.4 is 10.5 Å². The highest BCUT2D eigenvalue weighted by Gasteiger charge is 2.16. The second-order valence-corrected chi connectivity index (χ2v) is 5.25. The monoisotopic (exact) mass is 264 g/mol. The van der Waals surface area contributed by atoms with Crippen LogP contribution in [0.15, 0.2) is 18.2 Å². The standard InChI is InChI=1S/C15H24N2O2/c1-10(2)12-8-11(6-7-14(12)19-5)13(16)9-15(18)17(3)4/h6-8,10,13H,9,16H2,1-5H3. The second-order valence-electron chi connectivity index (χ2n) is 5.25. The Hall–Kier alpha value is -1.55. The van der Waals surface area contributed by atoms with Crippen LogP contribution in [0.3, 0.4) is 0 Å². The minimum atomic E-state index is -0.279. The molecule has 0 bridgehead atoms. The van der Waals surface area contributed by atoms with Gasteiger partial charge in [0.1, 0.15) is 5.75 Å². The van der Waals surface area contributed by atoms with E-state index < -0.39 is 0 Å². The third kappa shape index (κ3) is 3.96. The van der Waals surface area contributed by atoms with Crippen molar-refractivity contribution in [1.29, 1.82) is 0 Å². The van der Waals surface area contributed by atoms with Gasteiger partial charge < -0.3 is 15.4 Å². The maximum atomic E-state index is 11.7. The molecule has 0 aliphatic rings. The topological polar surface area (TPSA) is 55.6 Å². The van der Waals surface area contributed by atoms with Gasteiger partial charge in [-0.05, 0) is 23.1 Å². The number of hydrogen-bond acceptors (Lipinski definition) is 3. The highest BCUT2D eigenvalue weighted by Crippen LogP contribution is 2.29. The molecule has 0 aromatic heterocycles.